The van der Waals surface area contributed by atoms with Crippen LogP contribution in [0, 0.1) is 5.92 Å². The van der Waals surface area contributed by atoms with Gasteiger partial charge in [-0.25, -0.2) is 4.79 Å². The van der Waals surface area contributed by atoms with Gasteiger partial charge in [-0.05, 0) is 12.0 Å². The highest BCUT2D eigenvalue weighted by Gasteiger charge is 2.52. The molecule has 2 aliphatic rings. The molecule has 2 fully saturated rings. The van der Waals surface area contributed by atoms with Gasteiger partial charge in [0.2, 0.25) is 0 Å². The summed E-state index contributed by atoms with van der Waals surface area (Å²) in [6.45, 7) is 4.85. The van der Waals surface area contributed by atoms with Crippen LogP contribution < -0.4 is 5.32 Å². The van der Waals surface area contributed by atoms with Crippen LogP contribution in [0.5, 0.6) is 0 Å². The number of hydrogen-bond acceptors (Lipinski definition) is 3. The summed E-state index contributed by atoms with van der Waals surface area (Å²) in [6, 6.07) is 10.4. The van der Waals surface area contributed by atoms with Crippen molar-refractivity contribution in [3.63, 3.8) is 0 Å². The molecule has 2 aromatic rings. The van der Waals surface area contributed by atoms with Crippen LogP contribution in [-0.2, 0) is 23.6 Å². The van der Waals surface area contributed by atoms with E-state index in [0.29, 0.717) is 25.7 Å². The first-order valence-corrected chi connectivity index (χ1v) is 8.84. The Balaban J connectivity index is 1.54. The maximum atomic E-state index is 12.8. The predicted octanol–water partition coefficient (Wildman–Crippen LogP) is 2.41. The predicted molar refractivity (Wildman–Crippen MR) is 95.6 cm³/mol. The van der Waals surface area contributed by atoms with Gasteiger partial charge in [0.05, 0.1) is 24.6 Å². The number of likely N-dealkylation sites (tertiary alicyclic amines) is 1. The summed E-state index contributed by atoms with van der Waals surface area (Å²) in [7, 11) is 1.87. The molecule has 0 spiro atoms. The number of rotatable bonds is 3. The average molecular weight is 340 g/mol. The zero-order valence-corrected chi connectivity index (χ0v) is 14.7. The van der Waals surface area contributed by atoms with Crippen molar-refractivity contribution in [1.82, 2.24) is 14.7 Å². The molecule has 6 nitrogen and oxygen atoms in total. The molecule has 2 aliphatic heterocycles. The molecule has 0 bridgehead atoms. The summed E-state index contributed by atoms with van der Waals surface area (Å²) >= 11 is 0. The summed E-state index contributed by atoms with van der Waals surface area (Å²) < 4.78 is 7.53. The lowest BCUT2D eigenvalue weighted by atomic mass is 9.75. The second-order valence-electron chi connectivity index (χ2n) is 7.06. The Labute approximate surface area is 147 Å². The highest BCUT2D eigenvalue weighted by atomic mass is 16.5. The number of nitrogens with zero attached hydrogens (tertiary/aromatic N) is 3. The number of aryl methyl sites for hydroxylation is 2. The standard InChI is InChI=1S/C19H24N4O2/c1-3-16-17(10-22(2)21-16)20-18(24)23-9-15-11-25-13-19(15,12-23)14-7-5-4-6-8-14/h4-8,10,15H,3,9,11-13H2,1-2H3,(H,20,24)/t15-,19+/m1/s1. The molecule has 2 amide bonds. The van der Waals surface area contributed by atoms with Crippen molar-refractivity contribution in [3.8, 4) is 0 Å². The van der Waals surface area contributed by atoms with Crippen molar-refractivity contribution < 1.29 is 9.53 Å². The molecule has 132 valence electrons. The van der Waals surface area contributed by atoms with Gasteiger partial charge in [-0.2, -0.15) is 5.10 Å². The lowest BCUT2D eigenvalue weighted by Gasteiger charge is -2.27. The fraction of sp³-hybridized carbons (Fsp3) is 0.474. The van der Waals surface area contributed by atoms with Gasteiger partial charge in [-0.15, -0.1) is 0 Å². The quantitative estimate of drug-likeness (QED) is 0.933. The van der Waals surface area contributed by atoms with Crippen molar-refractivity contribution in [2.75, 3.05) is 31.6 Å². The fourth-order valence-corrected chi connectivity index (χ4v) is 4.16. The normalized spacial score (nSPS) is 25.2. The van der Waals surface area contributed by atoms with E-state index in [1.54, 1.807) is 4.68 Å². The van der Waals surface area contributed by atoms with Crippen molar-refractivity contribution >= 4 is 11.7 Å². The Hall–Kier alpha value is -2.34. The molecule has 2 saturated heterocycles. The molecule has 0 radical (unpaired) electrons. The van der Waals surface area contributed by atoms with E-state index in [9.17, 15) is 4.79 Å². The minimum atomic E-state index is -0.0822. The fourth-order valence-electron chi connectivity index (χ4n) is 4.16. The van der Waals surface area contributed by atoms with Crippen LogP contribution in [0.15, 0.2) is 36.5 Å². The monoisotopic (exact) mass is 340 g/mol. The van der Waals surface area contributed by atoms with E-state index in [1.807, 2.05) is 31.1 Å². The van der Waals surface area contributed by atoms with E-state index in [4.69, 9.17) is 4.74 Å². The van der Waals surface area contributed by atoms with E-state index in [-0.39, 0.29) is 11.4 Å². The molecule has 0 saturated carbocycles. The molecule has 0 unspecified atom stereocenters. The summed E-state index contributed by atoms with van der Waals surface area (Å²) in [6.07, 6.45) is 2.66. The third kappa shape index (κ3) is 2.70. The molecule has 1 aromatic heterocycles. The van der Waals surface area contributed by atoms with Gasteiger partial charge >= 0.3 is 6.03 Å². The second kappa shape index (κ2) is 6.19. The zero-order valence-electron chi connectivity index (χ0n) is 14.7. The number of anilines is 1. The molecule has 1 aromatic carbocycles. The van der Waals surface area contributed by atoms with Gasteiger partial charge in [0.1, 0.15) is 0 Å². The first-order valence-electron chi connectivity index (χ1n) is 8.84. The van der Waals surface area contributed by atoms with E-state index < -0.39 is 0 Å². The molecular formula is C19H24N4O2. The average Bonchev–Trinajstić information content (AvgIpc) is 3.27. The van der Waals surface area contributed by atoms with Gasteiger partial charge < -0.3 is 15.0 Å². The molecular weight excluding hydrogens is 316 g/mol. The van der Waals surface area contributed by atoms with Crippen LogP contribution in [0.4, 0.5) is 10.5 Å². The number of nitrogens with one attached hydrogen (secondary N) is 1. The van der Waals surface area contributed by atoms with E-state index in [0.717, 1.165) is 24.3 Å². The van der Waals surface area contributed by atoms with E-state index >= 15 is 0 Å². The number of benzene rings is 1. The highest BCUT2D eigenvalue weighted by molar-refractivity contribution is 5.90. The summed E-state index contributed by atoms with van der Waals surface area (Å²) in [5.41, 5.74) is 2.90. The van der Waals surface area contributed by atoms with Crippen LogP contribution >= 0.6 is 0 Å². The summed E-state index contributed by atoms with van der Waals surface area (Å²) in [4.78, 5) is 14.8. The van der Waals surface area contributed by atoms with Gasteiger partial charge in [0.25, 0.3) is 0 Å². The lowest BCUT2D eigenvalue weighted by Crippen LogP contribution is -2.38. The molecule has 3 heterocycles. The van der Waals surface area contributed by atoms with Gasteiger partial charge in [0, 0.05) is 37.7 Å². The van der Waals surface area contributed by atoms with Crippen LogP contribution in [-0.4, -0.2) is 47.0 Å². The maximum absolute atomic E-state index is 12.8. The van der Waals surface area contributed by atoms with Crippen LogP contribution in [0.2, 0.25) is 0 Å². The van der Waals surface area contributed by atoms with Gasteiger partial charge in [-0.1, -0.05) is 37.3 Å². The summed E-state index contributed by atoms with van der Waals surface area (Å²) in [5, 5.41) is 7.44. The molecule has 1 N–H and O–H groups in total. The molecule has 6 heteroatoms. The molecule has 2 atom stereocenters. The minimum absolute atomic E-state index is 0.0487. The van der Waals surface area contributed by atoms with Gasteiger partial charge in [-0.3, -0.25) is 4.68 Å². The first-order chi connectivity index (χ1) is 12.1. The Bertz CT molecular complexity index is 773. The minimum Gasteiger partial charge on any atom is -0.380 e. The lowest BCUT2D eigenvalue weighted by molar-refractivity contribution is 0.152. The van der Waals surface area contributed by atoms with E-state index in [2.05, 4.69) is 34.7 Å². The van der Waals surface area contributed by atoms with Crippen molar-refractivity contribution in [2.24, 2.45) is 13.0 Å². The number of ether oxygens (including phenoxy) is 1. The molecule has 25 heavy (non-hydrogen) atoms. The molecule has 0 aliphatic carbocycles. The number of aromatic nitrogens is 2. The first kappa shape index (κ1) is 16.1. The number of carbonyl (C=O) groups is 1. The summed E-state index contributed by atoms with van der Waals surface area (Å²) in [5.74, 6) is 0.347. The number of hydrogen-bond donors (Lipinski definition) is 1. The third-order valence-electron chi connectivity index (χ3n) is 5.49. The topological polar surface area (TPSA) is 59.4 Å². The number of carbonyl (C=O) groups excluding carboxylic acids is 1. The molecule has 4 rings (SSSR count). The Morgan fingerprint density at radius 2 is 2.20 bits per heavy atom. The van der Waals surface area contributed by atoms with E-state index in [1.165, 1.54) is 5.56 Å². The number of fused-ring (bicyclic) bond motifs is 1. The van der Waals surface area contributed by atoms with Gasteiger partial charge in [0.15, 0.2) is 0 Å². The Morgan fingerprint density at radius 1 is 1.40 bits per heavy atom. The van der Waals surface area contributed by atoms with Crippen LogP contribution in [0.3, 0.4) is 0 Å². The SMILES string of the molecule is CCc1nn(C)cc1NC(=O)N1C[C@@H]2COC[C@]2(c2ccccc2)C1. The largest absolute Gasteiger partial charge is 0.380 e. The number of urea groups is 1. The smallest absolute Gasteiger partial charge is 0.321 e. The Morgan fingerprint density at radius 3 is 2.96 bits per heavy atom. The number of amides is 2. The van der Waals surface area contributed by atoms with Crippen molar-refractivity contribution in [1.29, 1.82) is 0 Å². The third-order valence-corrected chi connectivity index (χ3v) is 5.49. The van der Waals surface area contributed by atoms with Crippen molar-refractivity contribution in [2.45, 2.75) is 18.8 Å². The van der Waals surface area contributed by atoms with Crippen LogP contribution in [0.1, 0.15) is 18.2 Å². The van der Waals surface area contributed by atoms with Crippen molar-refractivity contribution in [3.05, 3.63) is 47.8 Å². The maximum Gasteiger partial charge on any atom is 0.321 e. The highest BCUT2D eigenvalue weighted by Crippen LogP contribution is 2.43. The van der Waals surface area contributed by atoms with Crippen LogP contribution in [0.25, 0.3) is 0 Å². The zero-order chi connectivity index (χ0) is 17.4. The Kier molecular flexibility index (Phi) is 4.00. The second-order valence-corrected chi connectivity index (χ2v) is 7.06.